The number of nitrogens with zero attached hydrogens (tertiary/aromatic N) is 1. The summed E-state index contributed by atoms with van der Waals surface area (Å²) >= 11 is 0. The normalized spacial score (nSPS) is 10.4. The van der Waals surface area contributed by atoms with Crippen molar-refractivity contribution in [3.63, 3.8) is 0 Å². The fourth-order valence-electron chi connectivity index (χ4n) is 2.04. The number of fused-ring (bicyclic) bond motifs is 1. The van der Waals surface area contributed by atoms with Crippen LogP contribution >= 0.6 is 0 Å². The number of ketones is 1. The van der Waals surface area contributed by atoms with E-state index in [1.165, 1.54) is 0 Å². The van der Waals surface area contributed by atoms with Crippen LogP contribution in [-0.2, 0) is 0 Å². The summed E-state index contributed by atoms with van der Waals surface area (Å²) in [6.07, 6.45) is 1.72. The Morgan fingerprint density at radius 3 is 2.60 bits per heavy atom. The van der Waals surface area contributed by atoms with Gasteiger partial charge in [-0.15, -0.1) is 0 Å². The fourth-order valence-corrected chi connectivity index (χ4v) is 2.04. The Kier molecular flexibility index (Phi) is 3.42. The molecular formula is C17H13NO2. The molecule has 0 fully saturated rings. The van der Waals surface area contributed by atoms with Crippen LogP contribution in [-0.4, -0.2) is 17.4 Å². The van der Waals surface area contributed by atoms with Crippen molar-refractivity contribution in [3.8, 4) is 5.75 Å². The molecule has 0 amide bonds. The van der Waals surface area contributed by atoms with Crippen molar-refractivity contribution in [1.82, 2.24) is 4.98 Å². The first-order valence-corrected chi connectivity index (χ1v) is 6.39. The molecule has 0 aliphatic rings. The Morgan fingerprint density at radius 1 is 0.950 bits per heavy atom. The summed E-state index contributed by atoms with van der Waals surface area (Å²) in [5.74, 6) is 0.589. The molecule has 0 aliphatic carbocycles. The van der Waals surface area contributed by atoms with Crippen LogP contribution in [0.15, 0.2) is 66.9 Å². The monoisotopic (exact) mass is 263 g/mol. The lowest BCUT2D eigenvalue weighted by Crippen LogP contribution is -2.11. The van der Waals surface area contributed by atoms with Crippen molar-refractivity contribution in [3.05, 3.63) is 72.4 Å². The largest absolute Gasteiger partial charge is 0.483 e. The van der Waals surface area contributed by atoms with Crippen LogP contribution in [0.5, 0.6) is 5.75 Å². The smallest absolute Gasteiger partial charge is 0.200 e. The summed E-state index contributed by atoms with van der Waals surface area (Å²) in [5, 5.41) is 0.997. The zero-order valence-corrected chi connectivity index (χ0v) is 10.8. The number of pyridine rings is 1. The fraction of sp³-hybridized carbons (Fsp3) is 0.0588. The molecule has 3 rings (SSSR count). The molecule has 0 saturated heterocycles. The Balaban J connectivity index is 1.79. The molecule has 3 heteroatoms. The highest BCUT2D eigenvalue weighted by Gasteiger charge is 2.08. The standard InChI is InChI=1S/C17H13NO2/c19-15(13-6-2-1-3-7-13)12-20-16-10-4-8-14-9-5-11-18-17(14)16/h1-11H,12H2. The van der Waals surface area contributed by atoms with Gasteiger partial charge >= 0.3 is 0 Å². The van der Waals surface area contributed by atoms with Crippen molar-refractivity contribution in [2.45, 2.75) is 0 Å². The number of rotatable bonds is 4. The lowest BCUT2D eigenvalue weighted by Gasteiger charge is -2.07. The molecule has 0 N–H and O–H groups in total. The van der Waals surface area contributed by atoms with E-state index in [4.69, 9.17) is 4.74 Å². The van der Waals surface area contributed by atoms with Gasteiger partial charge in [0.2, 0.25) is 0 Å². The maximum absolute atomic E-state index is 12.0. The number of Topliss-reactive ketones (excluding diaryl/α,β-unsaturated/α-hetero) is 1. The van der Waals surface area contributed by atoms with E-state index in [2.05, 4.69) is 4.98 Å². The predicted molar refractivity (Wildman–Crippen MR) is 78.0 cm³/mol. The molecule has 0 atom stereocenters. The van der Waals surface area contributed by atoms with Gasteiger partial charge in [-0.2, -0.15) is 0 Å². The highest BCUT2D eigenvalue weighted by atomic mass is 16.5. The molecule has 0 radical (unpaired) electrons. The third-order valence-corrected chi connectivity index (χ3v) is 3.05. The zero-order chi connectivity index (χ0) is 13.8. The number of benzene rings is 2. The first-order chi connectivity index (χ1) is 9.84. The summed E-state index contributed by atoms with van der Waals surface area (Å²) in [5.41, 5.74) is 1.43. The number of carbonyl (C=O) groups is 1. The van der Waals surface area contributed by atoms with Gasteiger partial charge in [0.15, 0.2) is 12.4 Å². The maximum atomic E-state index is 12.0. The highest BCUT2D eigenvalue weighted by molar-refractivity contribution is 5.97. The quantitative estimate of drug-likeness (QED) is 0.676. The van der Waals surface area contributed by atoms with E-state index in [9.17, 15) is 4.79 Å². The summed E-state index contributed by atoms with van der Waals surface area (Å²) in [6, 6.07) is 18.7. The Labute approximate surface area is 116 Å². The number of ether oxygens (including phenoxy) is 1. The summed E-state index contributed by atoms with van der Waals surface area (Å²) in [4.78, 5) is 16.3. The number of carbonyl (C=O) groups excluding carboxylic acids is 1. The van der Waals surface area contributed by atoms with E-state index in [0.29, 0.717) is 11.3 Å². The van der Waals surface area contributed by atoms with E-state index < -0.39 is 0 Å². The molecule has 0 bridgehead atoms. The topological polar surface area (TPSA) is 39.2 Å². The van der Waals surface area contributed by atoms with Gasteiger partial charge in [0.05, 0.1) is 0 Å². The highest BCUT2D eigenvalue weighted by Crippen LogP contribution is 2.22. The lowest BCUT2D eigenvalue weighted by atomic mass is 10.1. The minimum atomic E-state index is -0.0430. The van der Waals surface area contributed by atoms with Gasteiger partial charge in [-0.1, -0.05) is 48.5 Å². The maximum Gasteiger partial charge on any atom is 0.200 e. The first kappa shape index (κ1) is 12.4. The molecule has 3 aromatic rings. The lowest BCUT2D eigenvalue weighted by molar-refractivity contribution is 0.0922. The molecule has 2 aromatic carbocycles. The number of para-hydroxylation sites is 1. The third kappa shape index (κ3) is 2.52. The average molecular weight is 263 g/mol. The van der Waals surface area contributed by atoms with E-state index in [1.54, 1.807) is 18.3 Å². The number of aromatic nitrogens is 1. The molecule has 0 unspecified atom stereocenters. The van der Waals surface area contributed by atoms with E-state index >= 15 is 0 Å². The van der Waals surface area contributed by atoms with E-state index in [1.807, 2.05) is 48.5 Å². The minimum Gasteiger partial charge on any atom is -0.483 e. The van der Waals surface area contributed by atoms with Crippen LogP contribution in [0, 0.1) is 0 Å². The van der Waals surface area contributed by atoms with Crippen LogP contribution in [0.25, 0.3) is 10.9 Å². The van der Waals surface area contributed by atoms with Crippen molar-refractivity contribution in [1.29, 1.82) is 0 Å². The van der Waals surface area contributed by atoms with Crippen molar-refractivity contribution in [2.75, 3.05) is 6.61 Å². The molecule has 20 heavy (non-hydrogen) atoms. The summed E-state index contributed by atoms with van der Waals surface area (Å²) in [6.45, 7) is 0.0136. The summed E-state index contributed by atoms with van der Waals surface area (Å²) in [7, 11) is 0. The van der Waals surface area contributed by atoms with E-state index in [-0.39, 0.29) is 12.4 Å². The van der Waals surface area contributed by atoms with Crippen LogP contribution in [0.1, 0.15) is 10.4 Å². The first-order valence-electron chi connectivity index (χ1n) is 6.39. The zero-order valence-electron chi connectivity index (χ0n) is 10.8. The SMILES string of the molecule is O=C(COc1cccc2cccnc12)c1ccccc1. The second-order valence-corrected chi connectivity index (χ2v) is 4.41. The Morgan fingerprint density at radius 2 is 1.75 bits per heavy atom. The van der Waals surface area contributed by atoms with Gasteiger partial charge in [-0.3, -0.25) is 9.78 Å². The molecule has 0 spiro atoms. The van der Waals surface area contributed by atoms with Gasteiger partial charge in [0.1, 0.15) is 11.3 Å². The van der Waals surface area contributed by atoms with Gasteiger partial charge in [0.25, 0.3) is 0 Å². The van der Waals surface area contributed by atoms with Crippen LogP contribution < -0.4 is 4.74 Å². The third-order valence-electron chi connectivity index (χ3n) is 3.05. The molecule has 1 heterocycles. The molecule has 3 nitrogen and oxygen atoms in total. The predicted octanol–water partition coefficient (Wildman–Crippen LogP) is 3.50. The van der Waals surface area contributed by atoms with E-state index in [0.717, 1.165) is 10.9 Å². The Hall–Kier alpha value is -2.68. The van der Waals surface area contributed by atoms with Gasteiger partial charge in [-0.05, 0) is 12.1 Å². The van der Waals surface area contributed by atoms with Crippen molar-refractivity contribution in [2.24, 2.45) is 0 Å². The molecule has 1 aromatic heterocycles. The van der Waals surface area contributed by atoms with Gasteiger partial charge in [0, 0.05) is 17.1 Å². The molecule has 0 saturated carbocycles. The van der Waals surface area contributed by atoms with Crippen molar-refractivity contribution < 1.29 is 9.53 Å². The number of hydrogen-bond acceptors (Lipinski definition) is 3. The number of hydrogen-bond donors (Lipinski definition) is 0. The molecular weight excluding hydrogens is 250 g/mol. The molecule has 0 aliphatic heterocycles. The van der Waals surface area contributed by atoms with Crippen LogP contribution in [0.2, 0.25) is 0 Å². The molecule has 98 valence electrons. The Bertz CT molecular complexity index is 733. The summed E-state index contributed by atoms with van der Waals surface area (Å²) < 4.78 is 5.62. The van der Waals surface area contributed by atoms with Crippen LogP contribution in [0.3, 0.4) is 0 Å². The average Bonchev–Trinajstić information content (AvgIpc) is 2.53. The van der Waals surface area contributed by atoms with Crippen LogP contribution in [0.4, 0.5) is 0 Å². The van der Waals surface area contributed by atoms with Gasteiger partial charge < -0.3 is 4.74 Å². The van der Waals surface area contributed by atoms with Gasteiger partial charge in [-0.25, -0.2) is 0 Å². The van der Waals surface area contributed by atoms with Crippen molar-refractivity contribution >= 4 is 16.7 Å². The second kappa shape index (κ2) is 5.53. The second-order valence-electron chi connectivity index (χ2n) is 4.41. The minimum absolute atomic E-state index is 0.0136.